The lowest BCUT2D eigenvalue weighted by molar-refractivity contribution is -0.123. The van der Waals surface area contributed by atoms with Crippen LogP contribution in [-0.4, -0.2) is 36.2 Å². The van der Waals surface area contributed by atoms with Crippen LogP contribution in [0.4, 0.5) is 5.69 Å². The molecular formula is C13H17BrN2O2. The molecule has 5 heteroatoms. The minimum atomic E-state index is -0.512. The number of piperazine rings is 1. The predicted octanol–water partition coefficient (Wildman–Crippen LogP) is 1.44. The SMILES string of the molecule is Cc1ccc(N2CC(C)NC(CO)C2=O)c(Br)c1. The molecule has 0 aromatic heterocycles. The first-order valence-corrected chi connectivity index (χ1v) is 6.76. The Morgan fingerprint density at radius 1 is 1.56 bits per heavy atom. The fraction of sp³-hybridized carbons (Fsp3) is 0.462. The van der Waals surface area contributed by atoms with E-state index in [0.717, 1.165) is 15.7 Å². The highest BCUT2D eigenvalue weighted by atomic mass is 79.9. The molecule has 18 heavy (non-hydrogen) atoms. The Morgan fingerprint density at radius 3 is 2.89 bits per heavy atom. The summed E-state index contributed by atoms with van der Waals surface area (Å²) in [7, 11) is 0. The highest BCUT2D eigenvalue weighted by molar-refractivity contribution is 9.10. The molecule has 2 unspecified atom stereocenters. The molecular weight excluding hydrogens is 296 g/mol. The smallest absolute Gasteiger partial charge is 0.246 e. The molecule has 1 aliphatic rings. The first-order chi connectivity index (χ1) is 8.52. The molecule has 0 aliphatic carbocycles. The van der Waals surface area contributed by atoms with Crippen molar-refractivity contribution in [2.24, 2.45) is 0 Å². The van der Waals surface area contributed by atoms with Crippen molar-refractivity contribution in [3.8, 4) is 0 Å². The van der Waals surface area contributed by atoms with Gasteiger partial charge in [0.2, 0.25) is 5.91 Å². The normalized spacial score (nSPS) is 24.4. The van der Waals surface area contributed by atoms with E-state index in [9.17, 15) is 9.90 Å². The molecule has 2 atom stereocenters. The zero-order valence-electron chi connectivity index (χ0n) is 10.5. The van der Waals surface area contributed by atoms with Crippen LogP contribution in [0, 0.1) is 6.92 Å². The van der Waals surface area contributed by atoms with Crippen molar-refractivity contribution in [1.82, 2.24) is 5.32 Å². The molecule has 2 N–H and O–H groups in total. The van der Waals surface area contributed by atoms with Gasteiger partial charge in [-0.25, -0.2) is 0 Å². The van der Waals surface area contributed by atoms with Crippen LogP contribution < -0.4 is 10.2 Å². The Labute approximate surface area is 115 Å². The Balaban J connectivity index is 2.33. The zero-order chi connectivity index (χ0) is 13.3. The third kappa shape index (κ3) is 2.58. The third-order valence-corrected chi connectivity index (χ3v) is 3.72. The Bertz CT molecular complexity index is 464. The molecule has 1 amide bonds. The number of amides is 1. The van der Waals surface area contributed by atoms with E-state index in [1.165, 1.54) is 0 Å². The second-order valence-corrected chi connectivity index (χ2v) is 5.56. The maximum Gasteiger partial charge on any atom is 0.246 e. The lowest BCUT2D eigenvalue weighted by Gasteiger charge is -2.36. The number of hydrogen-bond acceptors (Lipinski definition) is 3. The van der Waals surface area contributed by atoms with E-state index in [2.05, 4.69) is 21.2 Å². The van der Waals surface area contributed by atoms with Crippen LogP contribution in [0.1, 0.15) is 12.5 Å². The number of nitrogens with zero attached hydrogens (tertiary/aromatic N) is 1. The van der Waals surface area contributed by atoms with Gasteiger partial charge in [-0.3, -0.25) is 10.1 Å². The molecule has 1 aliphatic heterocycles. The van der Waals surface area contributed by atoms with Crippen LogP contribution in [0.3, 0.4) is 0 Å². The van der Waals surface area contributed by atoms with Crippen molar-refractivity contribution >= 4 is 27.5 Å². The summed E-state index contributed by atoms with van der Waals surface area (Å²) in [4.78, 5) is 14.0. The molecule has 1 fully saturated rings. The van der Waals surface area contributed by atoms with Gasteiger partial charge < -0.3 is 10.0 Å². The van der Waals surface area contributed by atoms with E-state index >= 15 is 0 Å². The number of nitrogens with one attached hydrogen (secondary N) is 1. The lowest BCUT2D eigenvalue weighted by atomic mass is 10.1. The van der Waals surface area contributed by atoms with Gasteiger partial charge in [-0.1, -0.05) is 6.07 Å². The molecule has 1 heterocycles. The summed E-state index contributed by atoms with van der Waals surface area (Å²) >= 11 is 3.50. The largest absolute Gasteiger partial charge is 0.394 e. The number of aliphatic hydroxyl groups excluding tert-OH is 1. The average Bonchev–Trinajstić information content (AvgIpc) is 2.32. The molecule has 0 radical (unpaired) electrons. The topological polar surface area (TPSA) is 52.6 Å². The minimum Gasteiger partial charge on any atom is -0.394 e. The van der Waals surface area contributed by atoms with Crippen molar-refractivity contribution in [3.05, 3.63) is 28.2 Å². The summed E-state index contributed by atoms with van der Waals surface area (Å²) in [6.07, 6.45) is 0. The Morgan fingerprint density at radius 2 is 2.28 bits per heavy atom. The zero-order valence-corrected chi connectivity index (χ0v) is 12.1. The van der Waals surface area contributed by atoms with Crippen molar-refractivity contribution < 1.29 is 9.90 Å². The van der Waals surface area contributed by atoms with Crippen molar-refractivity contribution in [1.29, 1.82) is 0 Å². The molecule has 1 aromatic carbocycles. The quantitative estimate of drug-likeness (QED) is 0.869. The van der Waals surface area contributed by atoms with Crippen LogP contribution in [0.25, 0.3) is 0 Å². The number of hydrogen-bond donors (Lipinski definition) is 2. The molecule has 1 saturated heterocycles. The van der Waals surface area contributed by atoms with Gasteiger partial charge in [-0.15, -0.1) is 0 Å². The monoisotopic (exact) mass is 312 g/mol. The summed E-state index contributed by atoms with van der Waals surface area (Å²) in [5, 5.41) is 12.3. The van der Waals surface area contributed by atoms with Crippen molar-refractivity contribution in [2.75, 3.05) is 18.1 Å². The number of aliphatic hydroxyl groups is 1. The van der Waals surface area contributed by atoms with Crippen LogP contribution in [0.5, 0.6) is 0 Å². The molecule has 4 nitrogen and oxygen atoms in total. The third-order valence-electron chi connectivity index (χ3n) is 3.08. The van der Waals surface area contributed by atoms with Gasteiger partial charge in [0.05, 0.1) is 12.3 Å². The van der Waals surface area contributed by atoms with Crippen LogP contribution in [0.15, 0.2) is 22.7 Å². The van der Waals surface area contributed by atoms with Gasteiger partial charge in [-0.2, -0.15) is 0 Å². The van der Waals surface area contributed by atoms with Gasteiger partial charge in [0.15, 0.2) is 0 Å². The first kappa shape index (κ1) is 13.5. The van der Waals surface area contributed by atoms with Gasteiger partial charge in [0.25, 0.3) is 0 Å². The number of carbonyl (C=O) groups excluding carboxylic acids is 1. The molecule has 98 valence electrons. The summed E-state index contributed by atoms with van der Waals surface area (Å²) in [6, 6.07) is 5.55. The Hall–Kier alpha value is -0.910. The number of rotatable bonds is 2. The number of aryl methyl sites for hydroxylation is 1. The summed E-state index contributed by atoms with van der Waals surface area (Å²) in [6.45, 7) is 4.44. The molecule has 2 rings (SSSR count). The lowest BCUT2D eigenvalue weighted by Crippen LogP contribution is -2.60. The predicted molar refractivity (Wildman–Crippen MR) is 74.7 cm³/mol. The minimum absolute atomic E-state index is 0.0832. The molecule has 0 saturated carbocycles. The van der Waals surface area contributed by atoms with E-state index in [1.54, 1.807) is 4.90 Å². The number of anilines is 1. The van der Waals surface area contributed by atoms with Crippen LogP contribution in [0.2, 0.25) is 0 Å². The van der Waals surface area contributed by atoms with Crippen LogP contribution >= 0.6 is 15.9 Å². The highest BCUT2D eigenvalue weighted by Gasteiger charge is 2.32. The summed E-state index contributed by atoms with van der Waals surface area (Å²) in [5.41, 5.74) is 2.00. The van der Waals surface area contributed by atoms with E-state index in [-0.39, 0.29) is 18.6 Å². The average molecular weight is 313 g/mol. The molecule has 0 bridgehead atoms. The summed E-state index contributed by atoms with van der Waals surface area (Å²) in [5.74, 6) is -0.0832. The highest BCUT2D eigenvalue weighted by Crippen LogP contribution is 2.29. The molecule has 1 aromatic rings. The van der Waals surface area contributed by atoms with E-state index in [0.29, 0.717) is 6.54 Å². The van der Waals surface area contributed by atoms with Crippen molar-refractivity contribution in [3.63, 3.8) is 0 Å². The number of carbonyl (C=O) groups is 1. The first-order valence-electron chi connectivity index (χ1n) is 5.97. The Kier molecular flexibility index (Phi) is 4.04. The van der Waals surface area contributed by atoms with Crippen LogP contribution in [-0.2, 0) is 4.79 Å². The maximum atomic E-state index is 12.2. The number of benzene rings is 1. The van der Waals surface area contributed by atoms with Gasteiger partial charge >= 0.3 is 0 Å². The maximum absolute atomic E-state index is 12.2. The molecule has 0 spiro atoms. The summed E-state index contributed by atoms with van der Waals surface area (Å²) < 4.78 is 0.904. The second kappa shape index (κ2) is 5.38. The fourth-order valence-corrected chi connectivity index (χ4v) is 2.91. The van der Waals surface area contributed by atoms with E-state index in [4.69, 9.17) is 0 Å². The van der Waals surface area contributed by atoms with Gasteiger partial charge in [0.1, 0.15) is 6.04 Å². The van der Waals surface area contributed by atoms with Crippen molar-refractivity contribution in [2.45, 2.75) is 25.9 Å². The van der Waals surface area contributed by atoms with Gasteiger partial charge in [-0.05, 0) is 47.5 Å². The second-order valence-electron chi connectivity index (χ2n) is 4.71. The van der Waals surface area contributed by atoms with E-state index < -0.39 is 6.04 Å². The van der Waals surface area contributed by atoms with E-state index in [1.807, 2.05) is 32.0 Å². The fourth-order valence-electron chi connectivity index (χ4n) is 2.20. The number of halogens is 1. The van der Waals surface area contributed by atoms with Gasteiger partial charge in [0, 0.05) is 17.1 Å². The standard InChI is InChI=1S/C13H17BrN2O2/c1-8-3-4-12(10(14)5-8)16-6-9(2)15-11(7-17)13(16)18/h3-5,9,11,15,17H,6-7H2,1-2H3.